The number of rotatable bonds is 3. The molecule has 3 rings (SSSR count). The van der Waals surface area contributed by atoms with Gasteiger partial charge in [-0.2, -0.15) is 10.2 Å². The third kappa shape index (κ3) is 2.91. The predicted molar refractivity (Wildman–Crippen MR) is 89.6 cm³/mol. The van der Waals surface area contributed by atoms with Crippen molar-refractivity contribution in [3.05, 3.63) is 50.8 Å². The zero-order valence-corrected chi connectivity index (χ0v) is 13.8. The van der Waals surface area contributed by atoms with Crippen LogP contribution in [0.25, 0.3) is 0 Å². The van der Waals surface area contributed by atoms with Gasteiger partial charge in [0.2, 0.25) is 5.91 Å². The number of nitrogens with one attached hydrogen (secondary N) is 2. The maximum Gasteiger partial charge on any atom is 0.293 e. The number of hydrogen-bond acceptors (Lipinski definition) is 6. The van der Waals surface area contributed by atoms with Crippen molar-refractivity contribution in [3.63, 3.8) is 0 Å². The third-order valence-corrected chi connectivity index (χ3v) is 4.08. The maximum atomic E-state index is 12.5. The SMILES string of the molecule is Cc1cc(C(=O)Nc2cc3c(cc2[N+](=O)[O-])C(C)C(=O)N3)c(C)nn1. The summed E-state index contributed by atoms with van der Waals surface area (Å²) < 4.78 is 0. The topological polar surface area (TPSA) is 127 Å². The second-order valence-corrected chi connectivity index (χ2v) is 5.86. The van der Waals surface area contributed by atoms with Crippen molar-refractivity contribution in [2.75, 3.05) is 10.6 Å². The monoisotopic (exact) mass is 341 g/mol. The quantitative estimate of drug-likeness (QED) is 0.651. The van der Waals surface area contributed by atoms with Crippen molar-refractivity contribution in [2.24, 2.45) is 0 Å². The summed E-state index contributed by atoms with van der Waals surface area (Å²) in [5, 5.41) is 24.3. The van der Waals surface area contributed by atoms with Gasteiger partial charge in [0.15, 0.2) is 0 Å². The lowest BCUT2D eigenvalue weighted by Crippen LogP contribution is -2.16. The van der Waals surface area contributed by atoms with E-state index in [4.69, 9.17) is 0 Å². The van der Waals surface area contributed by atoms with Crippen LogP contribution >= 0.6 is 0 Å². The number of nitro benzene ring substituents is 1. The fraction of sp³-hybridized carbons (Fsp3) is 0.250. The van der Waals surface area contributed by atoms with E-state index < -0.39 is 16.7 Å². The molecule has 0 spiro atoms. The summed E-state index contributed by atoms with van der Waals surface area (Å²) in [6, 6.07) is 4.28. The van der Waals surface area contributed by atoms with Crippen LogP contribution in [0.5, 0.6) is 0 Å². The van der Waals surface area contributed by atoms with Gasteiger partial charge in [0.05, 0.1) is 27.8 Å². The number of fused-ring (bicyclic) bond motifs is 1. The Morgan fingerprint density at radius 3 is 2.68 bits per heavy atom. The second kappa shape index (κ2) is 5.93. The summed E-state index contributed by atoms with van der Waals surface area (Å²) in [6.45, 7) is 4.98. The lowest BCUT2D eigenvalue weighted by Gasteiger charge is -2.10. The molecule has 9 nitrogen and oxygen atoms in total. The molecule has 1 aliphatic rings. The summed E-state index contributed by atoms with van der Waals surface area (Å²) in [5.41, 5.74) is 1.98. The number of carbonyl (C=O) groups is 2. The molecule has 0 fully saturated rings. The Labute approximate surface area is 142 Å². The first-order valence-corrected chi connectivity index (χ1v) is 7.53. The molecule has 0 radical (unpaired) electrons. The van der Waals surface area contributed by atoms with Crippen LogP contribution in [0, 0.1) is 24.0 Å². The van der Waals surface area contributed by atoms with Crippen LogP contribution < -0.4 is 10.6 Å². The van der Waals surface area contributed by atoms with E-state index in [1.165, 1.54) is 12.1 Å². The Balaban J connectivity index is 2.01. The lowest BCUT2D eigenvalue weighted by atomic mass is 10.0. The highest BCUT2D eigenvalue weighted by Gasteiger charge is 2.31. The molecule has 1 aromatic heterocycles. The van der Waals surface area contributed by atoms with E-state index in [1.54, 1.807) is 26.8 Å². The van der Waals surface area contributed by atoms with E-state index in [1.807, 2.05) is 0 Å². The fourth-order valence-electron chi connectivity index (χ4n) is 2.67. The second-order valence-electron chi connectivity index (χ2n) is 5.86. The number of nitrogens with zero attached hydrogens (tertiary/aromatic N) is 3. The average molecular weight is 341 g/mol. The zero-order valence-electron chi connectivity index (χ0n) is 13.8. The number of aryl methyl sites for hydroxylation is 2. The van der Waals surface area contributed by atoms with Gasteiger partial charge in [0, 0.05) is 11.8 Å². The Kier molecular flexibility index (Phi) is 3.91. The van der Waals surface area contributed by atoms with Crippen molar-refractivity contribution in [2.45, 2.75) is 26.7 Å². The highest BCUT2D eigenvalue weighted by atomic mass is 16.6. The first-order chi connectivity index (χ1) is 11.8. The van der Waals surface area contributed by atoms with Crippen LogP contribution in [-0.2, 0) is 4.79 Å². The van der Waals surface area contributed by atoms with Gasteiger partial charge in [-0.3, -0.25) is 19.7 Å². The molecular formula is C16H15N5O4. The van der Waals surface area contributed by atoms with Crippen molar-refractivity contribution in [1.82, 2.24) is 10.2 Å². The summed E-state index contributed by atoms with van der Waals surface area (Å²) in [5.74, 6) is -1.25. The molecule has 128 valence electrons. The van der Waals surface area contributed by atoms with Crippen molar-refractivity contribution in [1.29, 1.82) is 0 Å². The number of hydrogen-bond donors (Lipinski definition) is 2. The van der Waals surface area contributed by atoms with Crippen LogP contribution in [0.4, 0.5) is 17.1 Å². The van der Waals surface area contributed by atoms with Gasteiger partial charge in [-0.05, 0) is 38.5 Å². The van der Waals surface area contributed by atoms with Crippen molar-refractivity contribution in [3.8, 4) is 0 Å². The molecule has 0 bridgehead atoms. The van der Waals surface area contributed by atoms with Gasteiger partial charge >= 0.3 is 0 Å². The lowest BCUT2D eigenvalue weighted by molar-refractivity contribution is -0.384. The molecular weight excluding hydrogens is 326 g/mol. The predicted octanol–water partition coefficient (Wildman–Crippen LogP) is 2.31. The van der Waals surface area contributed by atoms with Crippen molar-refractivity contribution >= 4 is 28.9 Å². The Bertz CT molecular complexity index is 925. The Morgan fingerprint density at radius 2 is 2.00 bits per heavy atom. The highest BCUT2D eigenvalue weighted by Crippen LogP contribution is 2.39. The molecule has 2 N–H and O–H groups in total. The minimum atomic E-state index is -0.589. The highest BCUT2D eigenvalue weighted by molar-refractivity contribution is 6.08. The minimum Gasteiger partial charge on any atom is -0.325 e. The van der Waals surface area contributed by atoms with E-state index in [9.17, 15) is 19.7 Å². The third-order valence-electron chi connectivity index (χ3n) is 4.08. The molecule has 2 amide bonds. The fourth-order valence-corrected chi connectivity index (χ4v) is 2.67. The number of aromatic nitrogens is 2. The molecule has 1 aliphatic heterocycles. The van der Waals surface area contributed by atoms with E-state index in [0.29, 0.717) is 22.6 Å². The molecule has 1 aromatic carbocycles. The van der Waals surface area contributed by atoms with E-state index in [0.717, 1.165) is 0 Å². The molecule has 2 heterocycles. The van der Waals surface area contributed by atoms with Crippen LogP contribution in [0.1, 0.15) is 40.2 Å². The van der Waals surface area contributed by atoms with Gasteiger partial charge in [-0.15, -0.1) is 0 Å². The molecule has 0 saturated heterocycles. The van der Waals surface area contributed by atoms with Crippen molar-refractivity contribution < 1.29 is 14.5 Å². The van der Waals surface area contributed by atoms with Gasteiger partial charge in [0.25, 0.3) is 11.6 Å². The van der Waals surface area contributed by atoms with E-state index in [-0.39, 0.29) is 22.8 Å². The summed E-state index contributed by atoms with van der Waals surface area (Å²) in [4.78, 5) is 35.1. The molecule has 9 heteroatoms. The van der Waals surface area contributed by atoms with Gasteiger partial charge in [-0.1, -0.05) is 0 Å². The molecule has 1 atom stereocenters. The van der Waals surface area contributed by atoms with Crippen LogP contribution in [-0.4, -0.2) is 26.9 Å². The minimum absolute atomic E-state index is 0.0111. The van der Waals surface area contributed by atoms with E-state index in [2.05, 4.69) is 20.8 Å². The summed E-state index contributed by atoms with van der Waals surface area (Å²) in [7, 11) is 0. The maximum absolute atomic E-state index is 12.5. The molecule has 25 heavy (non-hydrogen) atoms. The molecule has 0 aliphatic carbocycles. The number of amides is 2. The summed E-state index contributed by atoms with van der Waals surface area (Å²) >= 11 is 0. The Hall–Kier alpha value is -3.36. The largest absolute Gasteiger partial charge is 0.325 e. The summed E-state index contributed by atoms with van der Waals surface area (Å²) in [6.07, 6.45) is 0. The number of benzene rings is 1. The normalized spacial score (nSPS) is 15.5. The first-order valence-electron chi connectivity index (χ1n) is 7.53. The molecule has 2 aromatic rings. The first kappa shape index (κ1) is 16.5. The van der Waals surface area contributed by atoms with Crippen LogP contribution in [0.15, 0.2) is 18.2 Å². The zero-order chi connectivity index (χ0) is 18.3. The van der Waals surface area contributed by atoms with E-state index >= 15 is 0 Å². The van der Waals surface area contributed by atoms with Gasteiger partial charge in [-0.25, -0.2) is 0 Å². The number of anilines is 2. The van der Waals surface area contributed by atoms with Crippen LogP contribution in [0.2, 0.25) is 0 Å². The average Bonchev–Trinajstić information content (AvgIpc) is 2.82. The Morgan fingerprint density at radius 1 is 1.28 bits per heavy atom. The molecule has 0 saturated carbocycles. The number of nitro groups is 1. The number of carbonyl (C=O) groups excluding carboxylic acids is 2. The van der Waals surface area contributed by atoms with Gasteiger partial charge in [0.1, 0.15) is 5.69 Å². The van der Waals surface area contributed by atoms with Crippen LogP contribution in [0.3, 0.4) is 0 Å². The molecule has 1 unspecified atom stereocenters. The smallest absolute Gasteiger partial charge is 0.293 e. The van der Waals surface area contributed by atoms with Gasteiger partial charge < -0.3 is 10.6 Å². The standard InChI is InChI=1S/C16H15N5O4/c1-7-4-11(9(3)20-19-7)16(23)18-13-6-12-10(5-14(13)21(24)25)8(2)15(22)17-12/h4-6,8H,1-3H3,(H,17,22)(H,18,23).